The Morgan fingerprint density at radius 2 is 1.91 bits per heavy atom. The number of unbranched alkanes of at least 4 members (excludes halogenated alkanes) is 1. The third-order valence-electron chi connectivity index (χ3n) is 3.30. The summed E-state index contributed by atoms with van der Waals surface area (Å²) in [7, 11) is 0. The normalized spacial score (nSPS) is 16.0. The van der Waals surface area contributed by atoms with Crippen molar-refractivity contribution in [2.24, 2.45) is 0 Å². The molecule has 8 heteroatoms. The van der Waals surface area contributed by atoms with Crippen molar-refractivity contribution in [3.05, 3.63) is 35.6 Å². The fraction of sp³-hybridized carbons (Fsp3) is 0.533. The van der Waals surface area contributed by atoms with E-state index in [0.717, 1.165) is 12.8 Å². The van der Waals surface area contributed by atoms with E-state index in [4.69, 9.17) is 14.6 Å². The minimum atomic E-state index is -5.08. The minimum Gasteiger partial charge on any atom is -0.475 e. The van der Waals surface area contributed by atoms with Gasteiger partial charge in [0.1, 0.15) is 11.4 Å². The van der Waals surface area contributed by atoms with Crippen molar-refractivity contribution in [1.29, 1.82) is 0 Å². The van der Waals surface area contributed by atoms with Gasteiger partial charge in [-0.05, 0) is 12.5 Å². The number of ether oxygens (including phenoxy) is 1. The maximum atomic E-state index is 13.7. The Hall–Kier alpha value is -1.67. The van der Waals surface area contributed by atoms with Crippen LogP contribution in [0.15, 0.2) is 24.3 Å². The summed E-state index contributed by atoms with van der Waals surface area (Å²) in [6.45, 7) is 4.24. The van der Waals surface area contributed by atoms with E-state index < -0.39 is 17.7 Å². The number of carboxylic acid groups (broad SMARTS) is 1. The predicted molar refractivity (Wildman–Crippen MR) is 75.5 cm³/mol. The van der Waals surface area contributed by atoms with Gasteiger partial charge in [-0.2, -0.15) is 13.2 Å². The number of hydrogen-bond acceptors (Lipinski definition) is 3. The van der Waals surface area contributed by atoms with Crippen LogP contribution < -0.4 is 5.32 Å². The first-order valence-corrected chi connectivity index (χ1v) is 7.13. The van der Waals surface area contributed by atoms with Gasteiger partial charge >= 0.3 is 12.1 Å². The molecule has 1 saturated heterocycles. The van der Waals surface area contributed by atoms with Gasteiger partial charge in [-0.3, -0.25) is 0 Å². The molecule has 4 nitrogen and oxygen atoms in total. The number of carbonyl (C=O) groups is 1. The van der Waals surface area contributed by atoms with Crippen LogP contribution in [0.25, 0.3) is 0 Å². The van der Waals surface area contributed by atoms with Gasteiger partial charge in [0.05, 0.1) is 0 Å². The minimum absolute atomic E-state index is 0.166. The molecule has 0 radical (unpaired) electrons. The standard InChI is InChI=1S/C13H18FNO.C2HF3O2/c1-2-3-8-16-13(9-15-10-13)11-6-4-5-7-12(11)14;3-2(4,5)1(6)7/h4-7,15H,2-3,8-10H2,1H3;(H,6,7). The Morgan fingerprint density at radius 3 is 2.30 bits per heavy atom. The van der Waals surface area contributed by atoms with Gasteiger partial charge in [0, 0.05) is 25.3 Å². The summed E-state index contributed by atoms with van der Waals surface area (Å²) >= 11 is 0. The molecule has 0 atom stereocenters. The van der Waals surface area contributed by atoms with Crippen molar-refractivity contribution < 1.29 is 32.2 Å². The second kappa shape index (κ2) is 8.26. The Morgan fingerprint density at radius 1 is 1.35 bits per heavy atom. The number of halogens is 4. The van der Waals surface area contributed by atoms with Crippen molar-refractivity contribution in [2.45, 2.75) is 31.5 Å². The lowest BCUT2D eigenvalue weighted by atomic mass is 9.87. The Bertz CT molecular complexity index is 516. The highest BCUT2D eigenvalue weighted by molar-refractivity contribution is 5.73. The molecule has 23 heavy (non-hydrogen) atoms. The summed E-state index contributed by atoms with van der Waals surface area (Å²) in [5.41, 5.74) is 0.255. The summed E-state index contributed by atoms with van der Waals surface area (Å²) in [4.78, 5) is 8.90. The van der Waals surface area contributed by atoms with E-state index in [1.54, 1.807) is 6.07 Å². The Labute approximate surface area is 131 Å². The molecule has 0 amide bonds. The van der Waals surface area contributed by atoms with E-state index in [-0.39, 0.29) is 5.82 Å². The first-order chi connectivity index (χ1) is 10.7. The fourth-order valence-corrected chi connectivity index (χ4v) is 1.96. The third kappa shape index (κ3) is 5.47. The number of rotatable bonds is 5. The highest BCUT2D eigenvalue weighted by atomic mass is 19.4. The Kier molecular flexibility index (Phi) is 6.96. The number of benzene rings is 1. The average molecular weight is 337 g/mol. The second-order valence-electron chi connectivity index (χ2n) is 5.08. The molecule has 1 aromatic rings. The monoisotopic (exact) mass is 337 g/mol. The smallest absolute Gasteiger partial charge is 0.475 e. The van der Waals surface area contributed by atoms with E-state index in [2.05, 4.69) is 12.2 Å². The molecule has 0 spiro atoms. The first kappa shape index (κ1) is 19.4. The summed E-state index contributed by atoms with van der Waals surface area (Å²) < 4.78 is 51.3. The van der Waals surface area contributed by atoms with Gasteiger partial charge in [0.2, 0.25) is 0 Å². The SMILES string of the molecule is CCCCOC1(c2ccccc2F)CNC1.O=C(O)C(F)(F)F. The molecule has 0 bridgehead atoms. The van der Waals surface area contributed by atoms with E-state index in [9.17, 15) is 17.6 Å². The molecule has 1 aromatic carbocycles. The molecule has 0 unspecified atom stereocenters. The van der Waals surface area contributed by atoms with E-state index in [0.29, 0.717) is 25.3 Å². The zero-order valence-electron chi connectivity index (χ0n) is 12.6. The molecule has 0 saturated carbocycles. The predicted octanol–water partition coefficient (Wildman–Crippen LogP) is 3.07. The average Bonchev–Trinajstić information content (AvgIpc) is 2.43. The quantitative estimate of drug-likeness (QED) is 0.640. The topological polar surface area (TPSA) is 58.6 Å². The largest absolute Gasteiger partial charge is 0.490 e. The zero-order valence-corrected chi connectivity index (χ0v) is 12.6. The van der Waals surface area contributed by atoms with Gasteiger partial charge in [-0.1, -0.05) is 31.5 Å². The summed E-state index contributed by atoms with van der Waals surface area (Å²) in [6.07, 6.45) is -2.96. The van der Waals surface area contributed by atoms with Crippen LogP contribution in [0, 0.1) is 5.82 Å². The van der Waals surface area contributed by atoms with Gasteiger partial charge in [-0.25, -0.2) is 9.18 Å². The molecule has 2 rings (SSSR count). The summed E-state index contributed by atoms with van der Waals surface area (Å²) in [5, 5.41) is 10.3. The molecule has 1 heterocycles. The molecule has 1 aliphatic rings. The molecule has 130 valence electrons. The molecule has 2 N–H and O–H groups in total. The lowest BCUT2D eigenvalue weighted by molar-refractivity contribution is -0.192. The third-order valence-corrected chi connectivity index (χ3v) is 3.30. The molecular weight excluding hydrogens is 318 g/mol. The van der Waals surface area contributed by atoms with Crippen LogP contribution >= 0.6 is 0 Å². The highest BCUT2D eigenvalue weighted by Gasteiger charge is 2.41. The maximum absolute atomic E-state index is 13.7. The molecule has 0 aliphatic carbocycles. The molecule has 1 fully saturated rings. The lowest BCUT2D eigenvalue weighted by Gasteiger charge is -2.43. The summed E-state index contributed by atoms with van der Waals surface area (Å²) in [5.74, 6) is -2.92. The van der Waals surface area contributed by atoms with Crippen molar-refractivity contribution >= 4 is 5.97 Å². The molecule has 0 aromatic heterocycles. The first-order valence-electron chi connectivity index (χ1n) is 7.13. The van der Waals surface area contributed by atoms with Gasteiger partial charge in [-0.15, -0.1) is 0 Å². The van der Waals surface area contributed by atoms with Crippen LogP contribution in [0.4, 0.5) is 17.6 Å². The fourth-order valence-electron chi connectivity index (χ4n) is 1.96. The van der Waals surface area contributed by atoms with Crippen molar-refractivity contribution in [1.82, 2.24) is 5.32 Å². The van der Waals surface area contributed by atoms with Crippen molar-refractivity contribution in [3.8, 4) is 0 Å². The number of carboxylic acids is 1. The molecule has 1 aliphatic heterocycles. The Balaban J connectivity index is 0.000000322. The van der Waals surface area contributed by atoms with Crippen LogP contribution in [0.2, 0.25) is 0 Å². The van der Waals surface area contributed by atoms with Crippen molar-refractivity contribution in [2.75, 3.05) is 19.7 Å². The van der Waals surface area contributed by atoms with Crippen LogP contribution in [-0.2, 0) is 15.1 Å². The molecular formula is C15H19F4NO3. The zero-order chi connectivity index (χ0) is 17.5. The van der Waals surface area contributed by atoms with Gasteiger partial charge in [0.15, 0.2) is 0 Å². The van der Waals surface area contributed by atoms with Gasteiger partial charge in [0.25, 0.3) is 0 Å². The second-order valence-corrected chi connectivity index (χ2v) is 5.08. The van der Waals surface area contributed by atoms with Crippen molar-refractivity contribution in [3.63, 3.8) is 0 Å². The van der Waals surface area contributed by atoms with Crippen LogP contribution in [0.3, 0.4) is 0 Å². The van der Waals surface area contributed by atoms with E-state index in [1.165, 1.54) is 6.07 Å². The number of hydrogen-bond donors (Lipinski definition) is 2. The highest BCUT2D eigenvalue weighted by Crippen LogP contribution is 2.32. The van der Waals surface area contributed by atoms with Crippen LogP contribution in [0.1, 0.15) is 25.3 Å². The van der Waals surface area contributed by atoms with Crippen LogP contribution in [-0.4, -0.2) is 36.9 Å². The number of nitrogens with one attached hydrogen (secondary N) is 1. The number of alkyl halides is 3. The van der Waals surface area contributed by atoms with E-state index in [1.807, 2.05) is 12.1 Å². The van der Waals surface area contributed by atoms with Crippen LogP contribution in [0.5, 0.6) is 0 Å². The lowest BCUT2D eigenvalue weighted by Crippen LogP contribution is -2.59. The maximum Gasteiger partial charge on any atom is 0.490 e. The van der Waals surface area contributed by atoms with E-state index >= 15 is 0 Å². The van der Waals surface area contributed by atoms with Gasteiger partial charge < -0.3 is 15.2 Å². The summed E-state index contributed by atoms with van der Waals surface area (Å²) in [6, 6.07) is 6.90. The number of aliphatic carboxylic acids is 1.